The first-order valence-corrected chi connectivity index (χ1v) is 6.66. The summed E-state index contributed by atoms with van der Waals surface area (Å²) in [5, 5.41) is 4.57. The summed E-state index contributed by atoms with van der Waals surface area (Å²) in [6.45, 7) is 1.93. The Morgan fingerprint density at radius 3 is 2.85 bits per heavy atom. The van der Waals surface area contributed by atoms with Crippen molar-refractivity contribution in [2.45, 2.75) is 6.92 Å². The van der Waals surface area contributed by atoms with Crippen LogP contribution in [0, 0.1) is 6.92 Å². The van der Waals surface area contributed by atoms with E-state index in [0.717, 1.165) is 22.2 Å². The highest BCUT2D eigenvalue weighted by molar-refractivity contribution is 6.31. The van der Waals surface area contributed by atoms with Crippen LogP contribution in [-0.2, 0) is 0 Å². The summed E-state index contributed by atoms with van der Waals surface area (Å²) in [5.74, 6) is -0.146. The Morgan fingerprint density at radius 2 is 2.00 bits per heavy atom. The number of nitrogens with one attached hydrogen (secondary N) is 2. The molecule has 1 aromatic heterocycles. The Morgan fingerprint density at radius 1 is 1.15 bits per heavy atom. The smallest absolute Gasteiger partial charge is 0.255 e. The first-order valence-electron chi connectivity index (χ1n) is 6.28. The minimum absolute atomic E-state index is 0.146. The predicted molar refractivity (Wildman–Crippen MR) is 82.4 cm³/mol. The van der Waals surface area contributed by atoms with Crippen LogP contribution in [0.1, 0.15) is 15.9 Å². The fourth-order valence-corrected chi connectivity index (χ4v) is 2.28. The minimum atomic E-state index is -0.146. The quantitative estimate of drug-likeness (QED) is 0.720. The van der Waals surface area contributed by atoms with Crippen molar-refractivity contribution in [3.63, 3.8) is 0 Å². The standard InChI is InChI=1S/C16H13ClN2O/c1-10-2-5-13(17)9-14(10)19-16(20)12-4-3-11-6-7-18-15(11)8-12/h2-9,18H,1H3,(H,19,20). The molecule has 2 N–H and O–H groups in total. The van der Waals surface area contributed by atoms with Gasteiger partial charge >= 0.3 is 0 Å². The van der Waals surface area contributed by atoms with Crippen molar-refractivity contribution >= 4 is 34.1 Å². The number of hydrogen-bond acceptors (Lipinski definition) is 1. The maximum Gasteiger partial charge on any atom is 0.255 e. The number of aromatic amines is 1. The lowest BCUT2D eigenvalue weighted by Crippen LogP contribution is -2.12. The van der Waals surface area contributed by atoms with Crippen molar-refractivity contribution in [1.29, 1.82) is 0 Å². The van der Waals surface area contributed by atoms with Gasteiger partial charge in [-0.25, -0.2) is 0 Å². The van der Waals surface area contributed by atoms with Crippen molar-refractivity contribution in [2.75, 3.05) is 5.32 Å². The second kappa shape index (κ2) is 5.02. The number of carbonyl (C=O) groups excluding carboxylic acids is 1. The van der Waals surface area contributed by atoms with E-state index in [1.165, 1.54) is 0 Å². The second-order valence-corrected chi connectivity index (χ2v) is 5.13. The van der Waals surface area contributed by atoms with E-state index in [1.807, 2.05) is 43.5 Å². The molecule has 0 unspecified atom stereocenters. The van der Waals surface area contributed by atoms with Gasteiger partial charge in [-0.15, -0.1) is 0 Å². The molecule has 1 heterocycles. The Bertz CT molecular complexity index is 792. The van der Waals surface area contributed by atoms with E-state index in [4.69, 9.17) is 11.6 Å². The molecule has 0 aliphatic heterocycles. The van der Waals surface area contributed by atoms with Crippen LogP contribution in [0.2, 0.25) is 5.02 Å². The number of aryl methyl sites for hydroxylation is 1. The van der Waals surface area contributed by atoms with Crippen molar-refractivity contribution in [1.82, 2.24) is 4.98 Å². The van der Waals surface area contributed by atoms with E-state index in [1.54, 1.807) is 12.1 Å². The number of fused-ring (bicyclic) bond motifs is 1. The van der Waals surface area contributed by atoms with E-state index < -0.39 is 0 Å². The average Bonchev–Trinajstić information content (AvgIpc) is 2.90. The first kappa shape index (κ1) is 12.8. The summed E-state index contributed by atoms with van der Waals surface area (Å²) in [5.41, 5.74) is 3.26. The van der Waals surface area contributed by atoms with Crippen LogP contribution in [0.3, 0.4) is 0 Å². The third-order valence-corrected chi connectivity index (χ3v) is 3.50. The molecule has 3 nitrogen and oxygen atoms in total. The van der Waals surface area contributed by atoms with E-state index in [0.29, 0.717) is 10.6 Å². The van der Waals surface area contributed by atoms with Gasteiger partial charge in [0.05, 0.1) is 0 Å². The summed E-state index contributed by atoms with van der Waals surface area (Å²) in [6.07, 6.45) is 1.85. The largest absolute Gasteiger partial charge is 0.361 e. The third-order valence-electron chi connectivity index (χ3n) is 3.27. The Kier molecular flexibility index (Phi) is 3.20. The van der Waals surface area contributed by atoms with Crippen LogP contribution < -0.4 is 5.32 Å². The lowest BCUT2D eigenvalue weighted by Gasteiger charge is -2.09. The SMILES string of the molecule is Cc1ccc(Cl)cc1NC(=O)c1ccc2cc[nH]c2c1. The number of amides is 1. The molecule has 2 aromatic carbocycles. The number of hydrogen-bond donors (Lipinski definition) is 2. The van der Waals surface area contributed by atoms with Crippen LogP contribution in [0.4, 0.5) is 5.69 Å². The zero-order valence-corrected chi connectivity index (χ0v) is 11.7. The molecule has 0 aliphatic rings. The monoisotopic (exact) mass is 284 g/mol. The number of rotatable bonds is 2. The maximum absolute atomic E-state index is 12.3. The highest BCUT2D eigenvalue weighted by atomic mass is 35.5. The van der Waals surface area contributed by atoms with Crippen molar-refractivity contribution in [3.05, 3.63) is 64.8 Å². The van der Waals surface area contributed by atoms with Crippen LogP contribution in [0.5, 0.6) is 0 Å². The fourth-order valence-electron chi connectivity index (χ4n) is 2.11. The van der Waals surface area contributed by atoms with Crippen molar-refractivity contribution in [2.24, 2.45) is 0 Å². The summed E-state index contributed by atoms with van der Waals surface area (Å²) in [4.78, 5) is 15.4. The molecule has 0 aliphatic carbocycles. The third kappa shape index (κ3) is 2.40. The molecule has 0 fully saturated rings. The molecule has 0 spiro atoms. The molecular weight excluding hydrogens is 272 g/mol. The molecule has 1 amide bonds. The number of carbonyl (C=O) groups is 1. The molecule has 0 saturated heterocycles. The second-order valence-electron chi connectivity index (χ2n) is 4.69. The van der Waals surface area contributed by atoms with Crippen LogP contribution in [-0.4, -0.2) is 10.9 Å². The van der Waals surface area contributed by atoms with Gasteiger partial charge in [0, 0.05) is 28.0 Å². The zero-order valence-electron chi connectivity index (χ0n) is 10.9. The Balaban J connectivity index is 1.90. The molecule has 0 bridgehead atoms. The summed E-state index contributed by atoms with van der Waals surface area (Å²) >= 11 is 5.95. The molecule has 0 saturated carbocycles. The minimum Gasteiger partial charge on any atom is -0.361 e. The van der Waals surface area contributed by atoms with Gasteiger partial charge in [0.1, 0.15) is 0 Å². The van der Waals surface area contributed by atoms with Gasteiger partial charge in [0.25, 0.3) is 5.91 Å². The van der Waals surface area contributed by atoms with Gasteiger partial charge in [0.15, 0.2) is 0 Å². The molecule has 100 valence electrons. The van der Waals surface area contributed by atoms with E-state index in [2.05, 4.69) is 10.3 Å². The fraction of sp³-hybridized carbons (Fsp3) is 0.0625. The number of aromatic nitrogens is 1. The highest BCUT2D eigenvalue weighted by Gasteiger charge is 2.09. The normalized spacial score (nSPS) is 10.7. The van der Waals surface area contributed by atoms with E-state index in [9.17, 15) is 4.79 Å². The first-order chi connectivity index (χ1) is 9.63. The average molecular weight is 285 g/mol. The van der Waals surface area contributed by atoms with Crippen LogP contribution >= 0.6 is 11.6 Å². The molecule has 0 radical (unpaired) electrons. The molecule has 4 heteroatoms. The van der Waals surface area contributed by atoms with E-state index in [-0.39, 0.29) is 5.91 Å². The number of halogens is 1. The van der Waals surface area contributed by atoms with Gasteiger partial charge < -0.3 is 10.3 Å². The lowest BCUT2D eigenvalue weighted by atomic mass is 10.1. The van der Waals surface area contributed by atoms with Gasteiger partial charge in [-0.05, 0) is 48.2 Å². The molecule has 3 rings (SSSR count). The lowest BCUT2D eigenvalue weighted by molar-refractivity contribution is 0.102. The van der Waals surface area contributed by atoms with Crippen LogP contribution in [0.25, 0.3) is 10.9 Å². The Labute approximate surface area is 121 Å². The zero-order chi connectivity index (χ0) is 14.1. The van der Waals surface area contributed by atoms with Crippen molar-refractivity contribution < 1.29 is 4.79 Å². The summed E-state index contributed by atoms with van der Waals surface area (Å²) in [6, 6.07) is 13.0. The van der Waals surface area contributed by atoms with Crippen LogP contribution in [0.15, 0.2) is 48.7 Å². The topological polar surface area (TPSA) is 44.9 Å². The molecule has 3 aromatic rings. The number of benzene rings is 2. The molecule has 20 heavy (non-hydrogen) atoms. The predicted octanol–water partition coefficient (Wildman–Crippen LogP) is 4.38. The van der Waals surface area contributed by atoms with E-state index >= 15 is 0 Å². The van der Waals surface area contributed by atoms with Gasteiger partial charge in [-0.2, -0.15) is 0 Å². The Hall–Kier alpha value is -2.26. The number of H-pyrrole nitrogens is 1. The molecular formula is C16H13ClN2O. The van der Waals surface area contributed by atoms with Gasteiger partial charge in [-0.3, -0.25) is 4.79 Å². The molecule has 0 atom stereocenters. The van der Waals surface area contributed by atoms with Gasteiger partial charge in [0.2, 0.25) is 0 Å². The number of anilines is 1. The summed E-state index contributed by atoms with van der Waals surface area (Å²) in [7, 11) is 0. The maximum atomic E-state index is 12.3. The van der Waals surface area contributed by atoms with Crippen molar-refractivity contribution in [3.8, 4) is 0 Å². The van der Waals surface area contributed by atoms with Gasteiger partial charge in [-0.1, -0.05) is 23.7 Å². The summed E-state index contributed by atoms with van der Waals surface area (Å²) < 4.78 is 0. The highest BCUT2D eigenvalue weighted by Crippen LogP contribution is 2.21.